The molecule has 0 spiro atoms. The molecule has 5 nitrogen and oxygen atoms in total. The smallest absolute Gasteiger partial charge is 0.276 e. The van der Waals surface area contributed by atoms with Gasteiger partial charge in [-0.25, -0.2) is 4.98 Å². The first-order valence-electron chi connectivity index (χ1n) is 8.25. The number of amides is 1. The van der Waals surface area contributed by atoms with Gasteiger partial charge in [0, 0.05) is 12.7 Å². The highest BCUT2D eigenvalue weighted by Gasteiger charge is 2.29. The van der Waals surface area contributed by atoms with Crippen molar-refractivity contribution >= 4 is 5.91 Å². The molecule has 1 aliphatic rings. The van der Waals surface area contributed by atoms with E-state index in [9.17, 15) is 4.79 Å². The molecule has 1 aromatic heterocycles. The summed E-state index contributed by atoms with van der Waals surface area (Å²) in [6, 6.07) is 11.7. The summed E-state index contributed by atoms with van der Waals surface area (Å²) in [7, 11) is 0. The lowest BCUT2D eigenvalue weighted by atomic mass is 10.0. The van der Waals surface area contributed by atoms with E-state index in [1.54, 1.807) is 23.2 Å². The molecule has 126 valence electrons. The molecule has 1 amide bonds. The average Bonchev–Trinajstić information content (AvgIpc) is 2.62. The molecule has 5 heteroatoms. The third kappa shape index (κ3) is 3.41. The van der Waals surface area contributed by atoms with Crippen LogP contribution in [0, 0.1) is 6.92 Å². The standard InChI is InChI=1S/C19H22N2O3/c1-3-23-16-9-6-10-20-18(16)19(22)21-11-12-24-17(13-21)15-8-5-4-7-14(15)2/h4-10,17H,3,11-13H2,1-2H3. The summed E-state index contributed by atoms with van der Waals surface area (Å²) in [6.45, 7) is 6.05. The predicted octanol–water partition coefficient (Wildman–Crippen LogP) is 3.00. The number of rotatable bonds is 4. The van der Waals surface area contributed by atoms with Crippen molar-refractivity contribution in [2.45, 2.75) is 20.0 Å². The van der Waals surface area contributed by atoms with E-state index in [2.05, 4.69) is 24.0 Å². The van der Waals surface area contributed by atoms with Crippen molar-refractivity contribution in [3.63, 3.8) is 0 Å². The number of nitrogens with zero attached hydrogens (tertiary/aromatic N) is 2. The molecule has 3 rings (SSSR count). The molecule has 1 aliphatic heterocycles. The second-order valence-electron chi connectivity index (χ2n) is 5.75. The van der Waals surface area contributed by atoms with Gasteiger partial charge in [-0.1, -0.05) is 24.3 Å². The summed E-state index contributed by atoms with van der Waals surface area (Å²) in [5, 5.41) is 0. The van der Waals surface area contributed by atoms with Gasteiger partial charge in [0.25, 0.3) is 5.91 Å². The summed E-state index contributed by atoms with van der Waals surface area (Å²) in [4.78, 5) is 18.9. The molecule has 0 N–H and O–H groups in total. The zero-order chi connectivity index (χ0) is 16.9. The summed E-state index contributed by atoms with van der Waals surface area (Å²) >= 11 is 0. The molecule has 0 saturated carbocycles. The van der Waals surface area contributed by atoms with Gasteiger partial charge in [0.2, 0.25) is 0 Å². The van der Waals surface area contributed by atoms with Gasteiger partial charge in [-0.3, -0.25) is 4.79 Å². The first-order valence-corrected chi connectivity index (χ1v) is 8.25. The van der Waals surface area contributed by atoms with Crippen molar-refractivity contribution < 1.29 is 14.3 Å². The Morgan fingerprint density at radius 3 is 2.96 bits per heavy atom. The third-order valence-corrected chi connectivity index (χ3v) is 4.16. The van der Waals surface area contributed by atoms with E-state index in [4.69, 9.17) is 9.47 Å². The molecular weight excluding hydrogens is 304 g/mol. The Bertz CT molecular complexity index is 717. The van der Waals surface area contributed by atoms with Crippen molar-refractivity contribution in [2.75, 3.05) is 26.3 Å². The summed E-state index contributed by atoms with van der Waals surface area (Å²) in [5.41, 5.74) is 2.66. The molecule has 1 aromatic carbocycles. The number of ether oxygens (including phenoxy) is 2. The molecule has 1 fully saturated rings. The number of hydrogen-bond donors (Lipinski definition) is 0. The van der Waals surface area contributed by atoms with E-state index >= 15 is 0 Å². The quantitative estimate of drug-likeness (QED) is 0.867. The average molecular weight is 326 g/mol. The lowest BCUT2D eigenvalue weighted by Gasteiger charge is -2.33. The minimum absolute atomic E-state index is 0.108. The van der Waals surface area contributed by atoms with Gasteiger partial charge < -0.3 is 14.4 Å². The molecule has 2 aromatic rings. The molecule has 1 atom stereocenters. The Hall–Kier alpha value is -2.40. The lowest BCUT2D eigenvalue weighted by Crippen LogP contribution is -2.42. The van der Waals surface area contributed by atoms with E-state index in [0.717, 1.165) is 5.56 Å². The normalized spacial score (nSPS) is 17.6. The minimum atomic E-state index is -0.110. The number of pyridine rings is 1. The molecule has 2 heterocycles. The maximum absolute atomic E-state index is 12.9. The van der Waals surface area contributed by atoms with Crippen LogP contribution in [0.4, 0.5) is 0 Å². The maximum Gasteiger partial charge on any atom is 0.276 e. The number of aryl methyl sites for hydroxylation is 1. The molecule has 24 heavy (non-hydrogen) atoms. The number of carbonyl (C=O) groups is 1. The minimum Gasteiger partial charge on any atom is -0.491 e. The van der Waals surface area contributed by atoms with Crippen LogP contribution in [0.2, 0.25) is 0 Å². The monoisotopic (exact) mass is 326 g/mol. The van der Waals surface area contributed by atoms with Gasteiger partial charge in [-0.15, -0.1) is 0 Å². The number of morpholine rings is 1. The van der Waals surface area contributed by atoms with Crippen molar-refractivity contribution in [3.8, 4) is 5.75 Å². The van der Waals surface area contributed by atoms with Crippen LogP contribution in [0.5, 0.6) is 5.75 Å². The van der Waals surface area contributed by atoms with Gasteiger partial charge in [0.05, 0.1) is 19.8 Å². The van der Waals surface area contributed by atoms with Gasteiger partial charge in [-0.2, -0.15) is 0 Å². The highest BCUT2D eigenvalue weighted by molar-refractivity contribution is 5.95. The molecule has 0 bridgehead atoms. The number of benzene rings is 1. The predicted molar refractivity (Wildman–Crippen MR) is 91.2 cm³/mol. The second-order valence-corrected chi connectivity index (χ2v) is 5.75. The largest absolute Gasteiger partial charge is 0.491 e. The van der Waals surface area contributed by atoms with Crippen LogP contribution in [0.15, 0.2) is 42.6 Å². The second kappa shape index (κ2) is 7.45. The topological polar surface area (TPSA) is 51.7 Å². The van der Waals surface area contributed by atoms with Crippen LogP contribution < -0.4 is 4.74 Å². The van der Waals surface area contributed by atoms with Crippen LogP contribution in [0.1, 0.15) is 34.6 Å². The van der Waals surface area contributed by atoms with E-state index in [0.29, 0.717) is 37.7 Å². The Kier molecular flexibility index (Phi) is 5.11. The number of carbonyl (C=O) groups excluding carboxylic acids is 1. The summed E-state index contributed by atoms with van der Waals surface area (Å²) in [5.74, 6) is 0.421. The van der Waals surface area contributed by atoms with Crippen molar-refractivity contribution in [1.82, 2.24) is 9.88 Å². The zero-order valence-corrected chi connectivity index (χ0v) is 14.1. The lowest BCUT2D eigenvalue weighted by molar-refractivity contribution is -0.0234. The fourth-order valence-electron chi connectivity index (χ4n) is 2.94. The van der Waals surface area contributed by atoms with Crippen LogP contribution in [0.3, 0.4) is 0 Å². The Balaban J connectivity index is 1.80. The number of hydrogen-bond acceptors (Lipinski definition) is 4. The SMILES string of the molecule is CCOc1cccnc1C(=O)N1CCOC(c2ccccc2C)C1. The van der Waals surface area contributed by atoms with Crippen LogP contribution >= 0.6 is 0 Å². The van der Waals surface area contributed by atoms with Crippen molar-refractivity contribution in [1.29, 1.82) is 0 Å². The Morgan fingerprint density at radius 2 is 2.17 bits per heavy atom. The Labute approximate surface area is 142 Å². The van der Waals surface area contributed by atoms with E-state index in [-0.39, 0.29) is 12.0 Å². The van der Waals surface area contributed by atoms with Crippen LogP contribution in [0.25, 0.3) is 0 Å². The van der Waals surface area contributed by atoms with Crippen LogP contribution in [-0.2, 0) is 4.74 Å². The van der Waals surface area contributed by atoms with E-state index in [1.807, 2.05) is 19.1 Å². The molecule has 1 unspecified atom stereocenters. The third-order valence-electron chi connectivity index (χ3n) is 4.16. The van der Waals surface area contributed by atoms with Crippen LogP contribution in [-0.4, -0.2) is 42.1 Å². The van der Waals surface area contributed by atoms with E-state index < -0.39 is 0 Å². The van der Waals surface area contributed by atoms with Gasteiger partial charge in [0.1, 0.15) is 6.10 Å². The first-order chi connectivity index (χ1) is 11.7. The molecule has 0 radical (unpaired) electrons. The summed E-state index contributed by atoms with van der Waals surface area (Å²) < 4.78 is 11.4. The van der Waals surface area contributed by atoms with Gasteiger partial charge in [-0.05, 0) is 37.1 Å². The van der Waals surface area contributed by atoms with Crippen molar-refractivity contribution in [3.05, 3.63) is 59.4 Å². The maximum atomic E-state index is 12.9. The van der Waals surface area contributed by atoms with E-state index in [1.165, 1.54) is 5.56 Å². The first kappa shape index (κ1) is 16.5. The fourth-order valence-corrected chi connectivity index (χ4v) is 2.94. The highest BCUT2D eigenvalue weighted by atomic mass is 16.5. The zero-order valence-electron chi connectivity index (χ0n) is 14.1. The molecule has 0 aliphatic carbocycles. The summed E-state index contributed by atoms with van der Waals surface area (Å²) in [6.07, 6.45) is 1.51. The molecule has 1 saturated heterocycles. The van der Waals surface area contributed by atoms with Gasteiger partial charge in [0.15, 0.2) is 11.4 Å². The fraction of sp³-hybridized carbons (Fsp3) is 0.368. The molecular formula is C19H22N2O3. The van der Waals surface area contributed by atoms with Gasteiger partial charge >= 0.3 is 0 Å². The number of aromatic nitrogens is 1. The van der Waals surface area contributed by atoms with Crippen molar-refractivity contribution in [2.24, 2.45) is 0 Å². The Morgan fingerprint density at radius 1 is 1.33 bits per heavy atom. The highest BCUT2D eigenvalue weighted by Crippen LogP contribution is 2.26.